The Morgan fingerprint density at radius 3 is 2.89 bits per heavy atom. The van der Waals surface area contributed by atoms with E-state index in [0.29, 0.717) is 18.8 Å². The van der Waals surface area contributed by atoms with Gasteiger partial charge in [-0.15, -0.1) is 0 Å². The molecule has 1 unspecified atom stereocenters. The molecule has 0 aromatic heterocycles. The highest BCUT2D eigenvalue weighted by Crippen LogP contribution is 2.27. The van der Waals surface area contributed by atoms with Crippen LogP contribution in [0.3, 0.4) is 0 Å². The van der Waals surface area contributed by atoms with Crippen LogP contribution in [0.4, 0.5) is 15.8 Å². The summed E-state index contributed by atoms with van der Waals surface area (Å²) in [5.41, 5.74) is 0.200. The third-order valence-corrected chi connectivity index (χ3v) is 3.09. The van der Waals surface area contributed by atoms with Crippen molar-refractivity contribution in [3.8, 4) is 0 Å². The maximum Gasteiger partial charge on any atom is 0.274 e. The lowest BCUT2D eigenvalue weighted by Crippen LogP contribution is -2.36. The summed E-state index contributed by atoms with van der Waals surface area (Å²) >= 11 is 0. The zero-order valence-corrected chi connectivity index (χ0v) is 9.71. The molecule has 0 aliphatic carbocycles. The van der Waals surface area contributed by atoms with Gasteiger partial charge in [0.25, 0.3) is 5.69 Å². The van der Waals surface area contributed by atoms with Crippen LogP contribution in [-0.2, 0) is 4.79 Å². The molecular weight excluding hydrogens is 239 g/mol. The normalized spacial score (nSPS) is 19.6. The number of piperidine rings is 1. The van der Waals surface area contributed by atoms with Gasteiger partial charge in [-0.3, -0.25) is 10.1 Å². The smallest absolute Gasteiger partial charge is 0.274 e. The highest BCUT2D eigenvalue weighted by atomic mass is 19.1. The molecule has 0 bridgehead atoms. The zero-order valence-electron chi connectivity index (χ0n) is 9.71. The topological polar surface area (TPSA) is 63.5 Å². The van der Waals surface area contributed by atoms with Crippen LogP contribution >= 0.6 is 0 Å². The fourth-order valence-electron chi connectivity index (χ4n) is 2.20. The Morgan fingerprint density at radius 2 is 2.22 bits per heavy atom. The molecule has 1 atom stereocenters. The first-order valence-corrected chi connectivity index (χ1v) is 5.75. The standard InChI is InChI=1S/C12H13FN2O3/c13-10-4-11(6-12(5-10)15(17)18)14-3-1-2-9(7-14)8-16/h4-6,8-9H,1-3,7H2. The lowest BCUT2D eigenvalue weighted by Gasteiger charge is -2.31. The van der Waals surface area contributed by atoms with Gasteiger partial charge in [0, 0.05) is 30.8 Å². The van der Waals surface area contributed by atoms with Gasteiger partial charge in [0.15, 0.2) is 0 Å². The summed E-state index contributed by atoms with van der Waals surface area (Å²) in [6, 6.07) is 3.50. The van der Waals surface area contributed by atoms with Gasteiger partial charge in [-0.2, -0.15) is 0 Å². The van der Waals surface area contributed by atoms with Crippen molar-refractivity contribution in [3.63, 3.8) is 0 Å². The average molecular weight is 252 g/mol. The van der Waals surface area contributed by atoms with Crippen LogP contribution in [0, 0.1) is 21.8 Å². The van der Waals surface area contributed by atoms with Crippen molar-refractivity contribution in [1.82, 2.24) is 0 Å². The van der Waals surface area contributed by atoms with E-state index in [9.17, 15) is 19.3 Å². The van der Waals surface area contributed by atoms with Crippen LogP contribution in [0.25, 0.3) is 0 Å². The molecule has 1 saturated heterocycles. The Hall–Kier alpha value is -1.98. The van der Waals surface area contributed by atoms with Gasteiger partial charge in [0.2, 0.25) is 0 Å². The maximum atomic E-state index is 13.3. The van der Waals surface area contributed by atoms with Gasteiger partial charge in [-0.05, 0) is 18.9 Å². The monoisotopic (exact) mass is 252 g/mol. The summed E-state index contributed by atoms with van der Waals surface area (Å²) in [7, 11) is 0. The van der Waals surface area contributed by atoms with Crippen LogP contribution in [0.1, 0.15) is 12.8 Å². The first kappa shape index (κ1) is 12.5. The number of hydrogen-bond acceptors (Lipinski definition) is 4. The molecule has 1 heterocycles. The first-order chi connectivity index (χ1) is 8.60. The first-order valence-electron chi connectivity index (χ1n) is 5.75. The Kier molecular flexibility index (Phi) is 3.55. The van der Waals surface area contributed by atoms with Crippen LogP contribution in [0.15, 0.2) is 18.2 Å². The molecule has 2 rings (SSSR count). The van der Waals surface area contributed by atoms with Gasteiger partial charge in [0.1, 0.15) is 12.1 Å². The second-order valence-electron chi connectivity index (χ2n) is 4.41. The Balaban J connectivity index is 2.26. The second-order valence-corrected chi connectivity index (χ2v) is 4.41. The molecule has 1 fully saturated rings. The van der Waals surface area contributed by atoms with E-state index < -0.39 is 10.7 Å². The number of benzene rings is 1. The van der Waals surface area contributed by atoms with Crippen molar-refractivity contribution in [2.45, 2.75) is 12.8 Å². The minimum atomic E-state index is -0.632. The molecule has 0 saturated carbocycles. The van der Waals surface area contributed by atoms with Crippen molar-refractivity contribution in [1.29, 1.82) is 0 Å². The van der Waals surface area contributed by atoms with Crippen molar-refractivity contribution in [3.05, 3.63) is 34.1 Å². The van der Waals surface area contributed by atoms with E-state index in [4.69, 9.17) is 0 Å². The summed E-state index contributed by atoms with van der Waals surface area (Å²) in [5.74, 6) is -0.714. The number of hydrogen-bond donors (Lipinski definition) is 0. The van der Waals surface area contributed by atoms with Gasteiger partial charge in [-0.1, -0.05) is 0 Å². The van der Waals surface area contributed by atoms with E-state index in [-0.39, 0.29) is 11.6 Å². The van der Waals surface area contributed by atoms with Crippen molar-refractivity contribution < 1.29 is 14.1 Å². The third-order valence-electron chi connectivity index (χ3n) is 3.09. The van der Waals surface area contributed by atoms with Gasteiger partial charge in [-0.25, -0.2) is 4.39 Å². The van der Waals surface area contributed by atoms with Crippen molar-refractivity contribution in [2.24, 2.45) is 5.92 Å². The minimum absolute atomic E-state index is 0.0823. The number of rotatable bonds is 3. The SMILES string of the molecule is O=CC1CCCN(c2cc(F)cc([N+](=O)[O-])c2)C1. The maximum absolute atomic E-state index is 13.3. The van der Waals surface area contributed by atoms with E-state index in [1.54, 1.807) is 0 Å². The summed E-state index contributed by atoms with van der Waals surface area (Å²) in [6.07, 6.45) is 2.53. The number of anilines is 1. The summed E-state index contributed by atoms with van der Waals surface area (Å²) in [4.78, 5) is 22.6. The number of nitro groups is 1. The summed E-state index contributed by atoms with van der Waals surface area (Å²) in [5, 5.41) is 10.7. The molecule has 0 radical (unpaired) electrons. The molecule has 5 nitrogen and oxygen atoms in total. The molecule has 96 valence electrons. The molecule has 18 heavy (non-hydrogen) atoms. The van der Waals surface area contributed by atoms with Crippen LogP contribution in [-0.4, -0.2) is 24.3 Å². The van der Waals surface area contributed by atoms with Crippen LogP contribution in [0.5, 0.6) is 0 Å². The molecule has 1 aliphatic rings. The van der Waals surface area contributed by atoms with E-state index >= 15 is 0 Å². The Bertz CT molecular complexity index is 478. The zero-order chi connectivity index (χ0) is 13.1. The predicted octanol–water partition coefficient (Wildman–Crippen LogP) is 2.15. The molecular formula is C12H13FN2O3. The van der Waals surface area contributed by atoms with E-state index in [1.165, 1.54) is 12.1 Å². The van der Waals surface area contributed by atoms with E-state index in [0.717, 1.165) is 25.2 Å². The molecule has 1 aromatic rings. The number of aldehydes is 1. The van der Waals surface area contributed by atoms with Crippen molar-refractivity contribution in [2.75, 3.05) is 18.0 Å². The fourth-order valence-corrected chi connectivity index (χ4v) is 2.20. The highest BCUT2D eigenvalue weighted by molar-refractivity contribution is 5.59. The Morgan fingerprint density at radius 1 is 1.44 bits per heavy atom. The summed E-state index contributed by atoms with van der Waals surface area (Å²) in [6.45, 7) is 1.18. The number of carbonyl (C=O) groups excluding carboxylic acids is 1. The molecule has 0 amide bonds. The molecule has 0 spiro atoms. The lowest BCUT2D eigenvalue weighted by molar-refractivity contribution is -0.385. The molecule has 6 heteroatoms. The number of halogens is 1. The predicted molar refractivity (Wildman–Crippen MR) is 64.1 cm³/mol. The van der Waals surface area contributed by atoms with Gasteiger partial charge < -0.3 is 9.69 Å². The van der Waals surface area contributed by atoms with Crippen LogP contribution < -0.4 is 4.90 Å². The van der Waals surface area contributed by atoms with E-state index in [2.05, 4.69) is 0 Å². The number of nitrogens with zero attached hydrogens (tertiary/aromatic N) is 2. The summed E-state index contributed by atoms with van der Waals surface area (Å²) < 4.78 is 13.3. The molecule has 0 N–H and O–H groups in total. The average Bonchev–Trinajstić information content (AvgIpc) is 2.38. The highest BCUT2D eigenvalue weighted by Gasteiger charge is 2.21. The fraction of sp³-hybridized carbons (Fsp3) is 0.417. The lowest BCUT2D eigenvalue weighted by atomic mass is 9.99. The number of non-ortho nitro benzene ring substituents is 1. The second kappa shape index (κ2) is 5.12. The number of nitro benzene ring substituents is 1. The third kappa shape index (κ3) is 2.64. The van der Waals surface area contributed by atoms with Crippen LogP contribution in [0.2, 0.25) is 0 Å². The van der Waals surface area contributed by atoms with Crippen molar-refractivity contribution >= 4 is 17.7 Å². The minimum Gasteiger partial charge on any atom is -0.371 e. The number of carbonyl (C=O) groups is 1. The molecule has 1 aromatic carbocycles. The Labute approximate surface area is 103 Å². The molecule has 1 aliphatic heterocycles. The van der Waals surface area contributed by atoms with Gasteiger partial charge >= 0.3 is 0 Å². The largest absolute Gasteiger partial charge is 0.371 e. The quantitative estimate of drug-likeness (QED) is 0.469. The van der Waals surface area contributed by atoms with Gasteiger partial charge in [0.05, 0.1) is 11.0 Å². The van der Waals surface area contributed by atoms with E-state index in [1.807, 2.05) is 4.90 Å².